The summed E-state index contributed by atoms with van der Waals surface area (Å²) in [6.45, 7) is 7.02. The molecule has 1 N–H and O–H groups in total. The maximum atomic E-state index is 13.4. The molecular formula is C24H25N5O. The second-order valence-electron chi connectivity index (χ2n) is 8.47. The van der Waals surface area contributed by atoms with E-state index in [9.17, 15) is 4.79 Å². The number of rotatable bonds is 5. The minimum atomic E-state index is -0.130. The van der Waals surface area contributed by atoms with Gasteiger partial charge in [-0.3, -0.25) is 9.78 Å². The van der Waals surface area contributed by atoms with E-state index in [4.69, 9.17) is 4.98 Å². The highest BCUT2D eigenvalue weighted by Gasteiger charge is 2.28. The number of benzene rings is 1. The third-order valence-corrected chi connectivity index (χ3v) is 5.22. The molecule has 0 aliphatic carbocycles. The zero-order chi connectivity index (χ0) is 21.1. The largest absolute Gasteiger partial charge is 0.347 e. The van der Waals surface area contributed by atoms with Crippen LogP contribution in [0.15, 0.2) is 73.6 Å². The molecule has 6 nitrogen and oxygen atoms in total. The highest BCUT2D eigenvalue weighted by atomic mass is 16.1. The molecule has 152 valence electrons. The fourth-order valence-electron chi connectivity index (χ4n) is 3.40. The van der Waals surface area contributed by atoms with Gasteiger partial charge in [-0.05, 0) is 29.7 Å². The molecule has 0 saturated carbocycles. The lowest BCUT2D eigenvalue weighted by atomic mass is 9.86. The first kappa shape index (κ1) is 19.8. The van der Waals surface area contributed by atoms with Gasteiger partial charge < -0.3 is 9.88 Å². The van der Waals surface area contributed by atoms with Crippen molar-refractivity contribution < 1.29 is 4.79 Å². The van der Waals surface area contributed by atoms with Crippen LogP contribution in [0.2, 0.25) is 0 Å². The lowest BCUT2D eigenvalue weighted by Crippen LogP contribution is -2.46. The van der Waals surface area contributed by atoms with Crippen molar-refractivity contribution in [3.8, 4) is 11.3 Å². The van der Waals surface area contributed by atoms with Crippen molar-refractivity contribution in [1.82, 2.24) is 24.8 Å². The zero-order valence-corrected chi connectivity index (χ0v) is 17.4. The molecule has 0 bridgehead atoms. The van der Waals surface area contributed by atoms with Crippen LogP contribution in [-0.2, 0) is 6.54 Å². The van der Waals surface area contributed by atoms with Gasteiger partial charge in [0, 0.05) is 42.3 Å². The lowest BCUT2D eigenvalue weighted by Gasteiger charge is -2.32. The predicted octanol–water partition coefficient (Wildman–Crippen LogP) is 4.34. The maximum Gasteiger partial charge on any atom is 0.252 e. The normalized spacial score (nSPS) is 12.6. The van der Waals surface area contributed by atoms with Gasteiger partial charge in [0.15, 0.2) is 0 Å². The zero-order valence-electron chi connectivity index (χ0n) is 17.4. The van der Waals surface area contributed by atoms with Gasteiger partial charge >= 0.3 is 0 Å². The number of carbonyl (C=O) groups excluding carboxylic acids is 1. The number of amides is 1. The van der Waals surface area contributed by atoms with Crippen LogP contribution in [0.25, 0.3) is 22.2 Å². The second kappa shape index (κ2) is 8.06. The van der Waals surface area contributed by atoms with Crippen molar-refractivity contribution in [3.05, 3.63) is 79.1 Å². The highest BCUT2D eigenvalue weighted by Crippen LogP contribution is 2.26. The molecule has 0 fully saturated rings. The number of hydrogen-bond acceptors (Lipinski definition) is 4. The molecule has 1 aromatic carbocycles. The van der Waals surface area contributed by atoms with Gasteiger partial charge in [0.1, 0.15) is 0 Å². The molecule has 3 aromatic heterocycles. The molecule has 30 heavy (non-hydrogen) atoms. The lowest BCUT2D eigenvalue weighted by molar-refractivity contribution is 0.0894. The minimum Gasteiger partial charge on any atom is -0.347 e. The molecule has 1 atom stereocenters. The standard InChI is InChI=1S/C24H25N5O/c1-24(2,3)22(15-29-12-11-26-16-29)28-23(30)19-13-21(17-7-6-10-25-14-17)27-20-9-5-4-8-18(19)20/h4-14,16,22H,15H2,1-3H3,(H,28,30)/t22-/m1/s1. The van der Waals surface area contributed by atoms with Crippen LogP contribution in [0, 0.1) is 5.41 Å². The summed E-state index contributed by atoms with van der Waals surface area (Å²) in [6.07, 6.45) is 8.91. The van der Waals surface area contributed by atoms with E-state index in [1.54, 1.807) is 24.9 Å². The SMILES string of the molecule is CC(C)(C)[C@@H](Cn1ccnc1)NC(=O)c1cc(-c2cccnc2)nc2ccccc12. The summed E-state index contributed by atoms with van der Waals surface area (Å²) >= 11 is 0. The van der Waals surface area contributed by atoms with Crippen molar-refractivity contribution in [2.75, 3.05) is 0 Å². The van der Waals surface area contributed by atoms with Crippen molar-refractivity contribution in [3.63, 3.8) is 0 Å². The number of nitrogens with zero attached hydrogens (tertiary/aromatic N) is 4. The number of carbonyl (C=O) groups is 1. The van der Waals surface area contributed by atoms with E-state index in [0.29, 0.717) is 12.1 Å². The van der Waals surface area contributed by atoms with Crippen LogP contribution >= 0.6 is 0 Å². The first-order chi connectivity index (χ1) is 14.4. The molecule has 0 unspecified atom stereocenters. The topological polar surface area (TPSA) is 72.7 Å². The number of imidazole rings is 1. The average Bonchev–Trinajstić information content (AvgIpc) is 3.25. The van der Waals surface area contributed by atoms with Crippen LogP contribution in [0.1, 0.15) is 31.1 Å². The van der Waals surface area contributed by atoms with Gasteiger partial charge in [-0.2, -0.15) is 0 Å². The van der Waals surface area contributed by atoms with Crippen LogP contribution in [0.3, 0.4) is 0 Å². The fraction of sp³-hybridized carbons (Fsp3) is 0.250. The van der Waals surface area contributed by atoms with Gasteiger partial charge in [0.2, 0.25) is 0 Å². The van der Waals surface area contributed by atoms with Crippen LogP contribution < -0.4 is 5.32 Å². The van der Waals surface area contributed by atoms with E-state index < -0.39 is 0 Å². The van der Waals surface area contributed by atoms with Crippen LogP contribution in [0.5, 0.6) is 0 Å². The van der Waals surface area contributed by atoms with Crippen molar-refractivity contribution in [1.29, 1.82) is 0 Å². The van der Waals surface area contributed by atoms with Crippen molar-refractivity contribution >= 4 is 16.8 Å². The van der Waals surface area contributed by atoms with Gasteiger partial charge in [-0.15, -0.1) is 0 Å². The molecule has 0 spiro atoms. The number of fused-ring (bicyclic) bond motifs is 1. The molecular weight excluding hydrogens is 374 g/mol. The quantitative estimate of drug-likeness (QED) is 0.542. The first-order valence-corrected chi connectivity index (χ1v) is 9.98. The summed E-state index contributed by atoms with van der Waals surface area (Å²) in [6, 6.07) is 13.3. The van der Waals surface area contributed by atoms with E-state index in [1.807, 2.05) is 53.2 Å². The number of nitrogens with one attached hydrogen (secondary N) is 1. The van der Waals surface area contributed by atoms with E-state index in [0.717, 1.165) is 22.2 Å². The summed E-state index contributed by atoms with van der Waals surface area (Å²) in [5, 5.41) is 4.08. The molecule has 0 aliphatic rings. The van der Waals surface area contributed by atoms with E-state index >= 15 is 0 Å². The smallest absolute Gasteiger partial charge is 0.252 e. The van der Waals surface area contributed by atoms with Gasteiger partial charge in [0.05, 0.1) is 29.1 Å². The van der Waals surface area contributed by atoms with Gasteiger partial charge in [-0.1, -0.05) is 39.0 Å². The Morgan fingerprint density at radius 3 is 2.63 bits per heavy atom. The monoisotopic (exact) mass is 399 g/mol. The number of pyridine rings is 2. The molecule has 1 amide bonds. The molecule has 4 aromatic rings. The number of para-hydroxylation sites is 1. The third kappa shape index (κ3) is 4.22. The first-order valence-electron chi connectivity index (χ1n) is 9.98. The van der Waals surface area contributed by atoms with Crippen molar-refractivity contribution in [2.24, 2.45) is 5.41 Å². The van der Waals surface area contributed by atoms with Crippen LogP contribution in [-0.4, -0.2) is 31.5 Å². The summed E-state index contributed by atoms with van der Waals surface area (Å²) in [7, 11) is 0. The molecule has 0 radical (unpaired) electrons. The van der Waals surface area contributed by atoms with Crippen LogP contribution in [0.4, 0.5) is 0 Å². The Morgan fingerprint density at radius 2 is 1.93 bits per heavy atom. The Bertz CT molecular complexity index is 1150. The molecule has 0 aliphatic heterocycles. The fourth-order valence-corrected chi connectivity index (χ4v) is 3.40. The number of hydrogen-bond donors (Lipinski definition) is 1. The molecule has 3 heterocycles. The highest BCUT2D eigenvalue weighted by molar-refractivity contribution is 6.07. The van der Waals surface area contributed by atoms with E-state index in [-0.39, 0.29) is 17.4 Å². The Labute approximate surface area is 176 Å². The van der Waals surface area contributed by atoms with Crippen molar-refractivity contribution in [2.45, 2.75) is 33.4 Å². The summed E-state index contributed by atoms with van der Waals surface area (Å²) in [5.74, 6) is -0.112. The van der Waals surface area contributed by atoms with E-state index in [2.05, 4.69) is 36.1 Å². The number of aromatic nitrogens is 4. The Morgan fingerprint density at radius 1 is 1.10 bits per heavy atom. The molecule has 4 rings (SSSR count). The van der Waals surface area contributed by atoms with Gasteiger partial charge in [-0.25, -0.2) is 9.97 Å². The molecule has 0 saturated heterocycles. The predicted molar refractivity (Wildman–Crippen MR) is 118 cm³/mol. The van der Waals surface area contributed by atoms with E-state index in [1.165, 1.54) is 0 Å². The molecule has 6 heteroatoms. The van der Waals surface area contributed by atoms with Gasteiger partial charge in [0.25, 0.3) is 5.91 Å². The Hall–Kier alpha value is -3.54. The second-order valence-corrected chi connectivity index (χ2v) is 8.47. The Kier molecular flexibility index (Phi) is 5.31. The summed E-state index contributed by atoms with van der Waals surface area (Å²) in [4.78, 5) is 26.5. The average molecular weight is 399 g/mol. The minimum absolute atomic E-state index is 0.0760. The summed E-state index contributed by atoms with van der Waals surface area (Å²) in [5.41, 5.74) is 2.87. The maximum absolute atomic E-state index is 13.4. The third-order valence-electron chi connectivity index (χ3n) is 5.22. The summed E-state index contributed by atoms with van der Waals surface area (Å²) < 4.78 is 1.99. The Balaban J connectivity index is 1.72.